The molecule has 0 spiro atoms. The van der Waals surface area contributed by atoms with E-state index in [1.165, 1.54) is 0 Å². The van der Waals surface area contributed by atoms with Crippen LogP contribution in [0.3, 0.4) is 0 Å². The zero-order valence-corrected chi connectivity index (χ0v) is 13.6. The summed E-state index contributed by atoms with van der Waals surface area (Å²) in [6, 6.07) is 1.86. The van der Waals surface area contributed by atoms with Gasteiger partial charge in [-0.2, -0.15) is 5.10 Å². The summed E-state index contributed by atoms with van der Waals surface area (Å²) in [4.78, 5) is 16.6. The van der Waals surface area contributed by atoms with Crippen molar-refractivity contribution in [2.24, 2.45) is 5.92 Å². The van der Waals surface area contributed by atoms with E-state index in [0.717, 1.165) is 17.1 Å². The topological polar surface area (TPSA) is 59.8 Å². The zero-order valence-electron chi connectivity index (χ0n) is 12.7. The first-order valence-electron chi connectivity index (χ1n) is 7.25. The van der Waals surface area contributed by atoms with Crippen LogP contribution in [-0.2, 0) is 17.8 Å². The minimum Gasteiger partial charge on any atom is -0.355 e. The van der Waals surface area contributed by atoms with Crippen LogP contribution in [0.1, 0.15) is 37.4 Å². The van der Waals surface area contributed by atoms with Crippen LogP contribution in [0.2, 0.25) is 0 Å². The third-order valence-electron chi connectivity index (χ3n) is 3.27. The molecule has 2 rings (SSSR count). The minimum absolute atomic E-state index is 0.0612. The number of amides is 1. The lowest BCUT2D eigenvalue weighted by atomic mass is 10.1. The summed E-state index contributed by atoms with van der Waals surface area (Å²) in [7, 11) is 0. The van der Waals surface area contributed by atoms with Crippen molar-refractivity contribution in [1.82, 2.24) is 20.1 Å². The van der Waals surface area contributed by atoms with Gasteiger partial charge in [0.1, 0.15) is 0 Å². The predicted molar refractivity (Wildman–Crippen MR) is 84.3 cm³/mol. The Morgan fingerprint density at radius 3 is 2.86 bits per heavy atom. The van der Waals surface area contributed by atoms with Crippen molar-refractivity contribution >= 4 is 17.2 Å². The average Bonchev–Trinajstić information content (AvgIpc) is 3.09. The lowest BCUT2D eigenvalue weighted by molar-refractivity contribution is -0.124. The third-order valence-corrected chi connectivity index (χ3v) is 4.19. The molecule has 2 heterocycles. The largest absolute Gasteiger partial charge is 0.355 e. The van der Waals surface area contributed by atoms with Crippen molar-refractivity contribution < 1.29 is 4.79 Å². The molecule has 0 saturated carbocycles. The van der Waals surface area contributed by atoms with Gasteiger partial charge in [-0.1, -0.05) is 20.8 Å². The Hall–Kier alpha value is -1.69. The molecular formula is C15H22N4OS. The van der Waals surface area contributed by atoms with Gasteiger partial charge in [0.05, 0.1) is 23.2 Å². The lowest BCUT2D eigenvalue weighted by Gasteiger charge is -2.11. The summed E-state index contributed by atoms with van der Waals surface area (Å²) < 4.78 is 1.78. The number of hydrogen-bond donors (Lipinski definition) is 1. The first-order valence-corrected chi connectivity index (χ1v) is 8.13. The van der Waals surface area contributed by atoms with Gasteiger partial charge in [0, 0.05) is 30.7 Å². The van der Waals surface area contributed by atoms with Crippen LogP contribution in [0.5, 0.6) is 0 Å². The number of carbonyl (C=O) groups is 1. The molecule has 0 bridgehead atoms. The van der Waals surface area contributed by atoms with Gasteiger partial charge in [0.25, 0.3) is 0 Å². The van der Waals surface area contributed by atoms with Crippen molar-refractivity contribution in [1.29, 1.82) is 0 Å². The van der Waals surface area contributed by atoms with Gasteiger partial charge in [0.2, 0.25) is 5.91 Å². The van der Waals surface area contributed by atoms with E-state index < -0.39 is 0 Å². The van der Waals surface area contributed by atoms with Crippen molar-refractivity contribution in [2.45, 2.75) is 39.7 Å². The highest BCUT2D eigenvalue weighted by atomic mass is 32.1. The fraction of sp³-hybridized carbons (Fsp3) is 0.533. The lowest BCUT2D eigenvalue weighted by Crippen LogP contribution is -2.33. The van der Waals surface area contributed by atoms with Crippen molar-refractivity contribution in [3.8, 4) is 0 Å². The van der Waals surface area contributed by atoms with E-state index >= 15 is 0 Å². The summed E-state index contributed by atoms with van der Waals surface area (Å²) in [5.41, 5.74) is 1.13. The van der Waals surface area contributed by atoms with Gasteiger partial charge in [0.15, 0.2) is 0 Å². The first kappa shape index (κ1) is 15.7. The van der Waals surface area contributed by atoms with E-state index in [9.17, 15) is 4.79 Å². The quantitative estimate of drug-likeness (QED) is 0.855. The van der Waals surface area contributed by atoms with Crippen LogP contribution < -0.4 is 5.32 Å². The Balaban J connectivity index is 1.73. The van der Waals surface area contributed by atoms with E-state index in [1.54, 1.807) is 22.2 Å². The summed E-state index contributed by atoms with van der Waals surface area (Å²) in [6.07, 6.45) is 4.38. The van der Waals surface area contributed by atoms with E-state index in [0.29, 0.717) is 19.0 Å². The molecule has 2 aromatic heterocycles. The second-order valence-electron chi connectivity index (χ2n) is 5.49. The van der Waals surface area contributed by atoms with Gasteiger partial charge in [-0.15, -0.1) is 11.3 Å². The van der Waals surface area contributed by atoms with Crippen LogP contribution in [0.25, 0.3) is 0 Å². The highest BCUT2D eigenvalue weighted by Crippen LogP contribution is 2.17. The van der Waals surface area contributed by atoms with E-state index in [2.05, 4.69) is 34.6 Å². The molecule has 0 saturated heterocycles. The monoisotopic (exact) mass is 306 g/mol. The molecule has 5 nitrogen and oxygen atoms in total. The number of rotatable bonds is 7. The number of nitrogens with one attached hydrogen (secondary N) is 1. The molecule has 0 aliphatic rings. The maximum atomic E-state index is 12.0. The van der Waals surface area contributed by atoms with Crippen molar-refractivity contribution in [3.05, 3.63) is 34.5 Å². The Morgan fingerprint density at radius 2 is 2.24 bits per heavy atom. The molecule has 114 valence electrons. The van der Waals surface area contributed by atoms with Crippen LogP contribution in [-0.4, -0.2) is 27.2 Å². The fourth-order valence-corrected chi connectivity index (χ4v) is 2.90. The van der Waals surface area contributed by atoms with E-state index in [1.807, 2.05) is 19.2 Å². The minimum atomic E-state index is -0.0904. The second kappa shape index (κ2) is 7.36. The Labute approximate surface area is 129 Å². The average molecular weight is 306 g/mol. The standard InChI is InChI=1S/C15H22N4OS/c1-11(2)13-10-21-14(18-13)5-7-16-15(20)12(3)9-19-8-4-6-17-19/h4,6,8,10-12H,5,7,9H2,1-3H3,(H,16,20)/t12-/m0/s1. The van der Waals surface area contributed by atoms with E-state index in [-0.39, 0.29) is 11.8 Å². The molecule has 2 aromatic rings. The molecule has 0 radical (unpaired) electrons. The third kappa shape index (κ3) is 4.67. The van der Waals surface area contributed by atoms with Gasteiger partial charge >= 0.3 is 0 Å². The number of thiazole rings is 1. The van der Waals surface area contributed by atoms with Crippen molar-refractivity contribution in [2.75, 3.05) is 6.54 Å². The van der Waals surface area contributed by atoms with Gasteiger partial charge in [-0.3, -0.25) is 9.48 Å². The number of hydrogen-bond acceptors (Lipinski definition) is 4. The van der Waals surface area contributed by atoms with Gasteiger partial charge < -0.3 is 5.32 Å². The van der Waals surface area contributed by atoms with Gasteiger partial charge in [-0.25, -0.2) is 4.98 Å². The Morgan fingerprint density at radius 1 is 1.43 bits per heavy atom. The van der Waals surface area contributed by atoms with Crippen LogP contribution in [0, 0.1) is 5.92 Å². The normalized spacial score (nSPS) is 12.6. The molecule has 21 heavy (non-hydrogen) atoms. The summed E-state index contributed by atoms with van der Waals surface area (Å²) in [6.45, 7) is 7.42. The number of carbonyl (C=O) groups excluding carboxylic acids is 1. The molecule has 0 unspecified atom stereocenters. The fourth-order valence-electron chi connectivity index (χ4n) is 1.94. The Bertz CT molecular complexity index is 562. The van der Waals surface area contributed by atoms with Crippen LogP contribution in [0.15, 0.2) is 23.8 Å². The molecule has 1 amide bonds. The van der Waals surface area contributed by atoms with Gasteiger partial charge in [-0.05, 0) is 12.0 Å². The second-order valence-corrected chi connectivity index (χ2v) is 6.43. The first-order chi connectivity index (χ1) is 10.1. The molecule has 0 fully saturated rings. The van der Waals surface area contributed by atoms with Crippen LogP contribution >= 0.6 is 11.3 Å². The molecule has 1 N–H and O–H groups in total. The summed E-state index contributed by atoms with van der Waals surface area (Å²) in [5.74, 6) is 0.428. The summed E-state index contributed by atoms with van der Waals surface area (Å²) in [5, 5.41) is 10.3. The van der Waals surface area contributed by atoms with E-state index in [4.69, 9.17) is 0 Å². The molecular weight excluding hydrogens is 284 g/mol. The van der Waals surface area contributed by atoms with Crippen molar-refractivity contribution in [3.63, 3.8) is 0 Å². The zero-order chi connectivity index (χ0) is 15.2. The van der Waals surface area contributed by atoms with Crippen LogP contribution in [0.4, 0.5) is 0 Å². The maximum Gasteiger partial charge on any atom is 0.224 e. The smallest absolute Gasteiger partial charge is 0.224 e. The molecule has 6 heteroatoms. The molecule has 1 atom stereocenters. The maximum absolute atomic E-state index is 12.0. The predicted octanol–water partition coefficient (Wildman–Crippen LogP) is 2.46. The molecule has 0 aromatic carbocycles. The molecule has 0 aliphatic carbocycles. The Kier molecular flexibility index (Phi) is 5.50. The summed E-state index contributed by atoms with van der Waals surface area (Å²) >= 11 is 1.67. The molecule has 0 aliphatic heterocycles. The number of nitrogens with zero attached hydrogens (tertiary/aromatic N) is 3. The SMILES string of the molecule is CC(C)c1csc(CCNC(=O)[C@@H](C)Cn2cccn2)n1. The number of aromatic nitrogens is 3. The highest BCUT2D eigenvalue weighted by Gasteiger charge is 2.13. The highest BCUT2D eigenvalue weighted by molar-refractivity contribution is 7.09.